The minimum absolute atomic E-state index is 0.160. The number of phosphoric ester groups is 1. The van der Waals surface area contributed by atoms with Crippen LogP contribution in [-0.2, 0) is 32.7 Å². The molecule has 0 aromatic carbocycles. The molecule has 0 aromatic rings. The van der Waals surface area contributed by atoms with Crippen molar-refractivity contribution in [3.8, 4) is 0 Å². The van der Waals surface area contributed by atoms with Gasteiger partial charge < -0.3 is 14.4 Å². The average molecular weight is 775 g/mol. The molecule has 0 aliphatic carbocycles. The van der Waals surface area contributed by atoms with Crippen molar-refractivity contribution in [2.75, 3.05) is 20.3 Å². The summed E-state index contributed by atoms with van der Waals surface area (Å²) in [4.78, 5) is 34.4. The van der Waals surface area contributed by atoms with Crippen LogP contribution in [0.15, 0.2) is 85.1 Å². The van der Waals surface area contributed by atoms with E-state index in [9.17, 15) is 19.0 Å². The van der Waals surface area contributed by atoms with Crippen molar-refractivity contribution in [2.24, 2.45) is 0 Å². The van der Waals surface area contributed by atoms with Gasteiger partial charge in [-0.05, 0) is 83.5 Å². The molecule has 54 heavy (non-hydrogen) atoms. The van der Waals surface area contributed by atoms with Gasteiger partial charge in [0.05, 0.1) is 6.61 Å². The Kier molecular flexibility index (Phi) is 37.9. The Bertz CT molecular complexity index is 1150. The normalized spacial score (nSPS) is 14.2. The van der Waals surface area contributed by atoms with Crippen LogP contribution in [0.3, 0.4) is 0 Å². The van der Waals surface area contributed by atoms with E-state index in [0.29, 0.717) is 12.8 Å². The van der Waals surface area contributed by atoms with Gasteiger partial charge in [-0.1, -0.05) is 150 Å². The Morgan fingerprint density at radius 2 is 0.963 bits per heavy atom. The number of rotatable bonds is 37. The summed E-state index contributed by atoms with van der Waals surface area (Å²) in [6, 6.07) is 0. The van der Waals surface area contributed by atoms with E-state index in [1.165, 1.54) is 51.4 Å². The molecular weight excluding hydrogens is 699 g/mol. The first-order valence-electron chi connectivity index (χ1n) is 20.8. The molecule has 0 fully saturated rings. The molecule has 0 rings (SSSR count). The number of allylic oxidation sites excluding steroid dienone is 14. The predicted octanol–water partition coefficient (Wildman–Crippen LogP) is 13.1. The van der Waals surface area contributed by atoms with E-state index in [4.69, 9.17) is 14.0 Å². The predicted molar refractivity (Wildman–Crippen MR) is 225 cm³/mol. The van der Waals surface area contributed by atoms with Gasteiger partial charge in [0.2, 0.25) is 0 Å². The van der Waals surface area contributed by atoms with E-state index < -0.39 is 32.5 Å². The van der Waals surface area contributed by atoms with Gasteiger partial charge in [0.1, 0.15) is 6.61 Å². The second-order valence-corrected chi connectivity index (χ2v) is 14.9. The van der Waals surface area contributed by atoms with E-state index in [1.807, 2.05) is 6.08 Å². The number of esters is 2. The summed E-state index contributed by atoms with van der Waals surface area (Å²) in [5.74, 6) is -0.889. The molecule has 308 valence electrons. The largest absolute Gasteiger partial charge is 0.472 e. The number of ether oxygens (including phenoxy) is 2. The molecule has 0 aliphatic heterocycles. The van der Waals surface area contributed by atoms with E-state index in [2.05, 4.69) is 97.4 Å². The van der Waals surface area contributed by atoms with Crippen LogP contribution < -0.4 is 0 Å². The zero-order valence-electron chi connectivity index (χ0n) is 34.1. The molecule has 0 radical (unpaired) electrons. The molecule has 9 heteroatoms. The summed E-state index contributed by atoms with van der Waals surface area (Å²) >= 11 is 0. The quantitative estimate of drug-likeness (QED) is 0.0288. The van der Waals surface area contributed by atoms with Crippen molar-refractivity contribution in [1.29, 1.82) is 0 Å². The molecule has 0 aromatic heterocycles. The number of phosphoric acid groups is 1. The summed E-state index contributed by atoms with van der Waals surface area (Å²) in [5, 5.41) is 0. The van der Waals surface area contributed by atoms with E-state index in [0.717, 1.165) is 77.7 Å². The molecular formula is C45H75O8P. The average Bonchev–Trinajstić information content (AvgIpc) is 3.16. The monoisotopic (exact) mass is 775 g/mol. The first kappa shape index (κ1) is 51.2. The molecule has 0 saturated heterocycles. The summed E-state index contributed by atoms with van der Waals surface area (Å²) < 4.78 is 31.9. The third-order valence-electron chi connectivity index (χ3n) is 8.37. The highest BCUT2D eigenvalue weighted by Gasteiger charge is 2.24. The van der Waals surface area contributed by atoms with Crippen LogP contribution >= 0.6 is 7.82 Å². The Morgan fingerprint density at radius 1 is 0.537 bits per heavy atom. The molecule has 0 amide bonds. The van der Waals surface area contributed by atoms with Crippen molar-refractivity contribution < 1.29 is 37.6 Å². The van der Waals surface area contributed by atoms with Gasteiger partial charge in [-0.2, -0.15) is 0 Å². The van der Waals surface area contributed by atoms with Crippen LogP contribution in [0.25, 0.3) is 0 Å². The molecule has 0 saturated carbocycles. The van der Waals surface area contributed by atoms with Gasteiger partial charge in [-0.15, -0.1) is 0 Å². The smallest absolute Gasteiger partial charge is 0.462 e. The number of carbonyl (C=O) groups excluding carboxylic acids is 2. The molecule has 1 N–H and O–H groups in total. The van der Waals surface area contributed by atoms with Gasteiger partial charge in [0, 0.05) is 20.0 Å². The number of carbonyl (C=O) groups is 2. The topological polar surface area (TPSA) is 108 Å². The second kappa shape index (κ2) is 39.9. The zero-order valence-corrected chi connectivity index (χ0v) is 35.0. The first-order chi connectivity index (χ1) is 26.3. The fourth-order valence-electron chi connectivity index (χ4n) is 5.19. The lowest BCUT2D eigenvalue weighted by atomic mass is 10.1. The molecule has 0 heterocycles. The molecule has 8 nitrogen and oxygen atoms in total. The van der Waals surface area contributed by atoms with Crippen molar-refractivity contribution in [2.45, 2.75) is 168 Å². The Morgan fingerprint density at radius 3 is 1.46 bits per heavy atom. The Hall–Kier alpha value is -2.77. The fourth-order valence-corrected chi connectivity index (χ4v) is 5.65. The summed E-state index contributed by atoms with van der Waals surface area (Å²) in [5.41, 5.74) is 0. The van der Waals surface area contributed by atoms with Crippen LogP contribution in [0, 0.1) is 0 Å². The second-order valence-electron chi connectivity index (χ2n) is 13.4. The van der Waals surface area contributed by atoms with Crippen molar-refractivity contribution >= 4 is 19.8 Å². The maximum atomic E-state index is 12.5. The van der Waals surface area contributed by atoms with Gasteiger partial charge in [0.15, 0.2) is 6.10 Å². The summed E-state index contributed by atoms with van der Waals surface area (Å²) in [7, 11) is -3.24. The standard InChI is InChI=1S/C45H75O8P/c1-4-6-8-10-12-14-16-18-20-22-24-25-27-29-31-33-35-37-39-44(46)51-41-43(42-52-54(48,49)50-3)53-45(47)40-38-36-34-32-30-28-26-23-21-19-17-15-13-11-9-7-5-2/h7,9,13-16,19-22,26,28,32,34,43H,4-6,8,10-12,17-18,23-25,27,29-31,33,35-42H2,1-3H3,(H,48,49)/b9-7-,15-13-,16-14-,21-19-,22-20-,28-26-,34-32-. The first-order valence-corrected chi connectivity index (χ1v) is 22.3. The summed E-state index contributed by atoms with van der Waals surface area (Å²) in [6.45, 7) is 3.69. The highest BCUT2D eigenvalue weighted by Crippen LogP contribution is 2.42. The minimum atomic E-state index is -4.28. The van der Waals surface area contributed by atoms with Gasteiger partial charge in [-0.25, -0.2) is 4.57 Å². The van der Waals surface area contributed by atoms with E-state index in [1.54, 1.807) is 0 Å². The van der Waals surface area contributed by atoms with Gasteiger partial charge in [0.25, 0.3) is 0 Å². The van der Waals surface area contributed by atoms with Gasteiger partial charge in [-0.3, -0.25) is 18.6 Å². The highest BCUT2D eigenvalue weighted by atomic mass is 31.2. The van der Waals surface area contributed by atoms with Crippen molar-refractivity contribution in [1.82, 2.24) is 0 Å². The third kappa shape index (κ3) is 38.9. The lowest BCUT2D eigenvalue weighted by molar-refractivity contribution is -0.161. The minimum Gasteiger partial charge on any atom is -0.462 e. The third-order valence-corrected chi connectivity index (χ3v) is 9.31. The highest BCUT2D eigenvalue weighted by molar-refractivity contribution is 7.47. The number of hydrogen-bond acceptors (Lipinski definition) is 7. The van der Waals surface area contributed by atoms with Crippen molar-refractivity contribution in [3.05, 3.63) is 85.1 Å². The van der Waals surface area contributed by atoms with Crippen LogP contribution in [0.1, 0.15) is 162 Å². The fraction of sp³-hybridized carbons (Fsp3) is 0.644. The van der Waals surface area contributed by atoms with Crippen LogP contribution in [0.2, 0.25) is 0 Å². The maximum Gasteiger partial charge on any atom is 0.472 e. The Labute approximate surface area is 329 Å². The number of hydrogen-bond donors (Lipinski definition) is 1. The zero-order chi connectivity index (χ0) is 39.6. The maximum absolute atomic E-state index is 12.5. The molecule has 2 unspecified atom stereocenters. The number of unbranched alkanes of at least 4 members (excludes halogenated alkanes) is 12. The van der Waals surface area contributed by atoms with Crippen molar-refractivity contribution in [3.63, 3.8) is 0 Å². The molecule has 0 bridgehead atoms. The molecule has 0 spiro atoms. The van der Waals surface area contributed by atoms with Crippen LogP contribution in [-0.4, -0.2) is 43.3 Å². The Balaban J connectivity index is 4.14. The lowest BCUT2D eigenvalue weighted by Crippen LogP contribution is -2.29. The van der Waals surface area contributed by atoms with Crippen LogP contribution in [0.5, 0.6) is 0 Å². The van der Waals surface area contributed by atoms with E-state index >= 15 is 0 Å². The summed E-state index contributed by atoms with van der Waals surface area (Å²) in [6.07, 6.45) is 52.1. The lowest BCUT2D eigenvalue weighted by Gasteiger charge is -2.19. The van der Waals surface area contributed by atoms with Gasteiger partial charge >= 0.3 is 19.8 Å². The van der Waals surface area contributed by atoms with E-state index in [-0.39, 0.29) is 19.4 Å². The van der Waals surface area contributed by atoms with Crippen LogP contribution in [0.4, 0.5) is 0 Å². The SMILES string of the molecule is CC/C=C\C/C=C\C/C=C\C/C=C\C/C=C\CCCC(=O)OC(COC(=O)CCCCCCCCC/C=C\C/C=C\CCCCCC)COP(=O)(O)OC. The molecule has 2 atom stereocenters. The molecule has 0 aliphatic rings.